The molecule has 3 rings (SSSR count). The first-order valence-corrected chi connectivity index (χ1v) is 9.31. The third-order valence-corrected chi connectivity index (χ3v) is 4.43. The van der Waals surface area contributed by atoms with E-state index in [9.17, 15) is 9.59 Å². The van der Waals surface area contributed by atoms with E-state index in [1.165, 1.54) is 0 Å². The number of carbonyl (C=O) groups excluding carboxylic acids is 1. The van der Waals surface area contributed by atoms with E-state index >= 15 is 0 Å². The fraction of sp³-hybridized carbons (Fsp3) is 0.217. The number of pyridine rings is 1. The second kappa shape index (κ2) is 9.15. The Bertz CT molecular complexity index is 1010. The van der Waals surface area contributed by atoms with Crippen LogP contribution in [0.1, 0.15) is 34.0 Å². The topological polar surface area (TPSA) is 71.2 Å². The van der Waals surface area contributed by atoms with Crippen LogP contribution in [0.25, 0.3) is 11.3 Å². The van der Waals surface area contributed by atoms with Crippen molar-refractivity contribution in [2.75, 3.05) is 6.61 Å². The molecule has 0 bridgehead atoms. The molecule has 0 saturated heterocycles. The van der Waals surface area contributed by atoms with Gasteiger partial charge in [0.1, 0.15) is 5.56 Å². The summed E-state index contributed by atoms with van der Waals surface area (Å²) in [5, 5.41) is 2.80. The Morgan fingerprint density at radius 3 is 2.46 bits per heavy atom. The Hall–Kier alpha value is -3.18. The van der Waals surface area contributed by atoms with Gasteiger partial charge in [-0.3, -0.25) is 9.59 Å². The van der Waals surface area contributed by atoms with Gasteiger partial charge in [0.25, 0.3) is 11.5 Å². The predicted molar refractivity (Wildman–Crippen MR) is 110 cm³/mol. The van der Waals surface area contributed by atoms with Crippen molar-refractivity contribution in [1.82, 2.24) is 10.3 Å². The number of benzene rings is 2. The van der Waals surface area contributed by atoms with Crippen LogP contribution >= 0.6 is 0 Å². The first-order valence-electron chi connectivity index (χ1n) is 9.31. The summed E-state index contributed by atoms with van der Waals surface area (Å²) in [5.41, 5.74) is 4.45. The van der Waals surface area contributed by atoms with Gasteiger partial charge in [-0.2, -0.15) is 0 Å². The van der Waals surface area contributed by atoms with Gasteiger partial charge in [-0.1, -0.05) is 48.0 Å². The van der Waals surface area contributed by atoms with Crippen LogP contribution in [0.3, 0.4) is 0 Å². The Balaban J connectivity index is 1.65. The first-order chi connectivity index (χ1) is 13.6. The molecule has 0 saturated carbocycles. The third-order valence-electron chi connectivity index (χ3n) is 4.43. The Morgan fingerprint density at radius 2 is 1.79 bits per heavy atom. The fourth-order valence-corrected chi connectivity index (χ4v) is 2.88. The van der Waals surface area contributed by atoms with Crippen LogP contribution in [0.4, 0.5) is 0 Å². The van der Waals surface area contributed by atoms with Crippen molar-refractivity contribution in [2.24, 2.45) is 0 Å². The maximum absolute atomic E-state index is 12.4. The Labute approximate surface area is 164 Å². The van der Waals surface area contributed by atoms with E-state index in [2.05, 4.69) is 10.3 Å². The lowest BCUT2D eigenvalue weighted by molar-refractivity contribution is 0.0949. The summed E-state index contributed by atoms with van der Waals surface area (Å²) >= 11 is 0. The molecule has 144 valence electrons. The number of hydrogen-bond acceptors (Lipinski definition) is 3. The molecule has 1 amide bonds. The molecule has 1 aromatic heterocycles. The van der Waals surface area contributed by atoms with Crippen LogP contribution in [0.2, 0.25) is 0 Å². The molecule has 0 aliphatic carbocycles. The zero-order chi connectivity index (χ0) is 19.9. The summed E-state index contributed by atoms with van der Waals surface area (Å²) in [6, 6.07) is 19.0. The highest BCUT2D eigenvalue weighted by Gasteiger charge is 2.11. The maximum atomic E-state index is 12.4. The van der Waals surface area contributed by atoms with Gasteiger partial charge in [-0.05, 0) is 48.7 Å². The minimum Gasteiger partial charge on any atom is -0.377 e. The number of carbonyl (C=O) groups is 1. The zero-order valence-electron chi connectivity index (χ0n) is 16.1. The number of aryl methyl sites for hydroxylation is 1. The molecule has 5 heteroatoms. The van der Waals surface area contributed by atoms with E-state index in [0.29, 0.717) is 25.5 Å². The van der Waals surface area contributed by atoms with Gasteiger partial charge in [0.2, 0.25) is 0 Å². The van der Waals surface area contributed by atoms with Gasteiger partial charge < -0.3 is 15.0 Å². The number of aromatic amines is 1. The SMILES string of the molecule is CCOCc1ccc(CNC(=O)c2ccc(-c3cccc(C)c3)[nH]c2=O)cc1. The van der Waals surface area contributed by atoms with Crippen molar-refractivity contribution >= 4 is 5.91 Å². The van der Waals surface area contributed by atoms with E-state index in [1.807, 2.05) is 62.4 Å². The highest BCUT2D eigenvalue weighted by molar-refractivity contribution is 5.94. The average Bonchev–Trinajstić information content (AvgIpc) is 2.71. The normalized spacial score (nSPS) is 10.6. The molecular weight excluding hydrogens is 352 g/mol. The lowest BCUT2D eigenvalue weighted by Crippen LogP contribution is -2.29. The second-order valence-corrected chi connectivity index (χ2v) is 6.62. The molecule has 2 N–H and O–H groups in total. The van der Waals surface area contributed by atoms with Crippen molar-refractivity contribution < 1.29 is 9.53 Å². The van der Waals surface area contributed by atoms with E-state index in [4.69, 9.17) is 4.74 Å². The van der Waals surface area contributed by atoms with E-state index in [0.717, 1.165) is 22.3 Å². The van der Waals surface area contributed by atoms with E-state index in [-0.39, 0.29) is 5.56 Å². The smallest absolute Gasteiger partial charge is 0.261 e. The summed E-state index contributed by atoms with van der Waals surface area (Å²) < 4.78 is 5.37. The van der Waals surface area contributed by atoms with Crippen LogP contribution in [0, 0.1) is 6.92 Å². The molecule has 0 aliphatic rings. The monoisotopic (exact) mass is 376 g/mol. The minimum atomic E-state index is -0.399. The van der Waals surface area contributed by atoms with Gasteiger partial charge in [-0.15, -0.1) is 0 Å². The van der Waals surface area contributed by atoms with Gasteiger partial charge in [0.05, 0.1) is 6.61 Å². The van der Waals surface area contributed by atoms with Gasteiger partial charge in [0, 0.05) is 18.8 Å². The van der Waals surface area contributed by atoms with Gasteiger partial charge in [-0.25, -0.2) is 0 Å². The summed E-state index contributed by atoms with van der Waals surface area (Å²) in [7, 11) is 0. The molecule has 0 atom stereocenters. The standard InChI is InChI=1S/C23H24N2O3/c1-3-28-15-18-9-7-17(8-10-18)14-24-22(26)20-11-12-21(25-23(20)27)19-6-4-5-16(2)13-19/h4-13H,3,14-15H2,1-2H3,(H,24,26)(H,25,27). The van der Waals surface area contributed by atoms with E-state index in [1.54, 1.807) is 12.1 Å². The predicted octanol–water partition coefficient (Wildman–Crippen LogP) is 3.82. The summed E-state index contributed by atoms with van der Waals surface area (Å²) in [4.78, 5) is 27.6. The van der Waals surface area contributed by atoms with Crippen molar-refractivity contribution in [2.45, 2.75) is 27.0 Å². The van der Waals surface area contributed by atoms with Crippen molar-refractivity contribution in [3.63, 3.8) is 0 Å². The first kappa shape index (κ1) is 19.6. The molecule has 0 aliphatic heterocycles. The average molecular weight is 376 g/mol. The second-order valence-electron chi connectivity index (χ2n) is 6.62. The lowest BCUT2D eigenvalue weighted by Gasteiger charge is -2.08. The molecule has 0 spiro atoms. The molecule has 2 aromatic carbocycles. The van der Waals surface area contributed by atoms with Crippen LogP contribution in [-0.4, -0.2) is 17.5 Å². The number of hydrogen-bond donors (Lipinski definition) is 2. The van der Waals surface area contributed by atoms with Gasteiger partial charge in [0.15, 0.2) is 0 Å². The van der Waals surface area contributed by atoms with Crippen LogP contribution in [0.5, 0.6) is 0 Å². The number of ether oxygens (including phenoxy) is 1. The van der Waals surface area contributed by atoms with Gasteiger partial charge >= 0.3 is 0 Å². The maximum Gasteiger partial charge on any atom is 0.261 e. The number of rotatable bonds is 7. The molecule has 0 radical (unpaired) electrons. The Morgan fingerprint density at radius 1 is 1.04 bits per heavy atom. The number of aromatic nitrogens is 1. The molecule has 5 nitrogen and oxygen atoms in total. The van der Waals surface area contributed by atoms with Crippen LogP contribution in [0.15, 0.2) is 65.5 Å². The zero-order valence-corrected chi connectivity index (χ0v) is 16.1. The summed E-state index contributed by atoms with van der Waals surface area (Å²) in [6.45, 7) is 5.56. The quantitative estimate of drug-likeness (QED) is 0.659. The molecule has 0 fully saturated rings. The summed E-state index contributed by atoms with van der Waals surface area (Å²) in [6.07, 6.45) is 0. The highest BCUT2D eigenvalue weighted by Crippen LogP contribution is 2.17. The molecule has 3 aromatic rings. The molecule has 28 heavy (non-hydrogen) atoms. The molecular formula is C23H24N2O3. The number of H-pyrrole nitrogens is 1. The van der Waals surface area contributed by atoms with Crippen molar-refractivity contribution in [1.29, 1.82) is 0 Å². The van der Waals surface area contributed by atoms with Crippen LogP contribution in [-0.2, 0) is 17.9 Å². The highest BCUT2D eigenvalue weighted by atomic mass is 16.5. The number of nitrogens with one attached hydrogen (secondary N) is 2. The largest absolute Gasteiger partial charge is 0.377 e. The number of amides is 1. The van der Waals surface area contributed by atoms with E-state index < -0.39 is 11.5 Å². The molecule has 1 heterocycles. The fourth-order valence-electron chi connectivity index (χ4n) is 2.88. The van der Waals surface area contributed by atoms with Crippen molar-refractivity contribution in [3.05, 3.63) is 93.3 Å². The minimum absolute atomic E-state index is 0.101. The molecule has 0 unspecified atom stereocenters. The summed E-state index contributed by atoms with van der Waals surface area (Å²) in [5.74, 6) is -0.393. The van der Waals surface area contributed by atoms with Crippen molar-refractivity contribution in [3.8, 4) is 11.3 Å². The third kappa shape index (κ3) is 4.96. The lowest BCUT2D eigenvalue weighted by atomic mass is 10.1. The van der Waals surface area contributed by atoms with Crippen LogP contribution < -0.4 is 10.9 Å². The Kier molecular flexibility index (Phi) is 6.40.